The molecule has 0 unspecified atom stereocenters. The number of methoxy groups -OCH3 is 1. The van der Waals surface area contributed by atoms with Crippen LogP contribution < -0.4 is 4.90 Å². The number of nitrogens with zero attached hydrogens (tertiary/aromatic N) is 2. The first-order valence-corrected chi connectivity index (χ1v) is 14.7. The van der Waals surface area contributed by atoms with Crippen molar-refractivity contribution >= 4 is 47.0 Å². The molecule has 2 saturated heterocycles. The quantitative estimate of drug-likeness (QED) is 0.328. The predicted octanol–water partition coefficient (Wildman–Crippen LogP) is 4.97. The summed E-state index contributed by atoms with van der Waals surface area (Å²) >= 11 is 6.31. The maximum absolute atomic E-state index is 15.0. The van der Waals surface area contributed by atoms with E-state index in [0.29, 0.717) is 26.7 Å². The van der Waals surface area contributed by atoms with E-state index < -0.39 is 64.7 Å². The monoisotopic (exact) mass is 610 g/mol. The zero-order chi connectivity index (χ0) is 30.9. The van der Waals surface area contributed by atoms with Crippen molar-refractivity contribution in [2.75, 3.05) is 12.0 Å². The minimum absolute atomic E-state index is 0.0313. The van der Waals surface area contributed by atoms with E-state index in [1.807, 2.05) is 36.4 Å². The average Bonchev–Trinajstić information content (AvgIpc) is 3.42. The van der Waals surface area contributed by atoms with Gasteiger partial charge in [-0.2, -0.15) is 4.90 Å². The van der Waals surface area contributed by atoms with Crippen LogP contribution in [0, 0.1) is 23.7 Å². The van der Waals surface area contributed by atoms with Crippen LogP contribution in [-0.4, -0.2) is 46.8 Å². The van der Waals surface area contributed by atoms with Crippen molar-refractivity contribution in [3.05, 3.63) is 107 Å². The van der Waals surface area contributed by atoms with Crippen LogP contribution >= 0.6 is 11.6 Å². The van der Waals surface area contributed by atoms with E-state index in [4.69, 9.17) is 16.3 Å². The lowest BCUT2D eigenvalue weighted by molar-refractivity contribution is -0.138. The second kappa shape index (κ2) is 10.2. The number of hydrogen-bond donors (Lipinski definition) is 1. The molecule has 0 spiro atoms. The summed E-state index contributed by atoms with van der Waals surface area (Å²) < 4.78 is 4.75. The Labute approximate surface area is 257 Å². The lowest BCUT2D eigenvalue weighted by Gasteiger charge is -2.50. The number of anilines is 1. The molecule has 7 rings (SSSR count). The number of fused-ring (bicyclic) bond motifs is 4. The fourth-order valence-electron chi connectivity index (χ4n) is 8.06. The Hall–Kier alpha value is -4.76. The number of imide groups is 4. The number of carbonyl (C=O) groups excluding carboxylic acids is 5. The van der Waals surface area contributed by atoms with Gasteiger partial charge in [0.15, 0.2) is 0 Å². The summed E-state index contributed by atoms with van der Waals surface area (Å²) in [7, 11) is 1.11. The number of rotatable bonds is 3. The van der Waals surface area contributed by atoms with Crippen LogP contribution in [0.2, 0.25) is 5.02 Å². The molecule has 2 heterocycles. The summed E-state index contributed by atoms with van der Waals surface area (Å²) in [4.78, 5) is 70.9. The first-order valence-electron chi connectivity index (χ1n) is 14.3. The van der Waals surface area contributed by atoms with Crippen molar-refractivity contribution in [1.82, 2.24) is 4.90 Å². The Morgan fingerprint density at radius 3 is 2.32 bits per heavy atom. The SMILES string of the molecule is COC(=O)N1C(=O)[C@H]2[C@H](CC=C3[C@H]2C[C@H]2C(=O)N(c4cccc(Cl)c4)C(=O)[C@@]2(c2ccccc2)[C@H]3c2ccc(O)cc2)C1=O. The maximum atomic E-state index is 15.0. The van der Waals surface area contributed by atoms with Gasteiger partial charge in [0, 0.05) is 10.9 Å². The fourth-order valence-corrected chi connectivity index (χ4v) is 8.24. The second-order valence-electron chi connectivity index (χ2n) is 11.7. The number of carbonyl (C=O) groups is 5. The first-order chi connectivity index (χ1) is 21.2. The molecule has 10 heteroatoms. The van der Waals surface area contributed by atoms with Gasteiger partial charge in [-0.15, -0.1) is 0 Å². The summed E-state index contributed by atoms with van der Waals surface area (Å²) in [5.41, 5.74) is 0.971. The zero-order valence-corrected chi connectivity index (χ0v) is 24.3. The standard InChI is InChI=1S/C34H27ClN2O7/c1-44-33(43)37-29(39)24-15-14-23-25(27(24)31(37)41)17-26-30(40)36(21-9-5-8-20(35)16-21)32(42)34(26,19-6-3-2-4-7-19)28(23)18-10-12-22(38)13-11-18/h2-14,16,24-28,38H,15,17H2,1H3/t24-,25+,26-,27-,28-,34+/m0/s1. The smallest absolute Gasteiger partial charge is 0.423 e. The van der Waals surface area contributed by atoms with Crippen molar-refractivity contribution in [3.8, 4) is 5.75 Å². The summed E-state index contributed by atoms with van der Waals surface area (Å²) in [6, 6.07) is 22.2. The number of halogens is 1. The first kappa shape index (κ1) is 28.0. The van der Waals surface area contributed by atoms with Crippen LogP contribution in [0.3, 0.4) is 0 Å². The Morgan fingerprint density at radius 2 is 1.64 bits per heavy atom. The van der Waals surface area contributed by atoms with E-state index in [0.717, 1.165) is 12.7 Å². The van der Waals surface area contributed by atoms with Gasteiger partial charge in [0.05, 0.1) is 36.0 Å². The van der Waals surface area contributed by atoms with Gasteiger partial charge in [0.2, 0.25) is 23.6 Å². The Morgan fingerprint density at radius 1 is 0.909 bits per heavy atom. The largest absolute Gasteiger partial charge is 0.508 e. The van der Waals surface area contributed by atoms with Crippen LogP contribution in [0.5, 0.6) is 5.75 Å². The number of benzene rings is 3. The Bertz CT molecular complexity index is 1770. The minimum atomic E-state index is -1.42. The molecule has 222 valence electrons. The number of likely N-dealkylation sites (tertiary alicyclic amines) is 1. The highest BCUT2D eigenvalue weighted by atomic mass is 35.5. The molecular weight excluding hydrogens is 584 g/mol. The lowest BCUT2D eigenvalue weighted by atomic mass is 9.49. The molecule has 0 radical (unpaired) electrons. The van der Waals surface area contributed by atoms with Crippen molar-refractivity contribution in [1.29, 1.82) is 0 Å². The zero-order valence-electron chi connectivity index (χ0n) is 23.6. The Kier molecular flexibility index (Phi) is 6.48. The van der Waals surface area contributed by atoms with Crippen LogP contribution in [-0.2, 0) is 29.3 Å². The summed E-state index contributed by atoms with van der Waals surface area (Å²) in [5.74, 6) is -6.09. The molecule has 3 aromatic carbocycles. The number of allylic oxidation sites excluding steroid dienone is 2. The number of ether oxygens (including phenoxy) is 1. The van der Waals surface area contributed by atoms with Gasteiger partial charge in [-0.1, -0.05) is 71.8 Å². The van der Waals surface area contributed by atoms with E-state index in [2.05, 4.69) is 0 Å². The molecule has 2 aliphatic carbocycles. The number of aromatic hydroxyl groups is 1. The van der Waals surface area contributed by atoms with Crippen LogP contribution in [0.15, 0.2) is 90.5 Å². The van der Waals surface area contributed by atoms with Gasteiger partial charge in [-0.05, 0) is 60.2 Å². The second-order valence-corrected chi connectivity index (χ2v) is 12.1. The number of phenolic OH excluding ortho intramolecular Hbond substituents is 1. The molecule has 0 bridgehead atoms. The van der Waals surface area contributed by atoms with Gasteiger partial charge >= 0.3 is 6.09 Å². The number of hydrogen-bond acceptors (Lipinski definition) is 7. The van der Waals surface area contributed by atoms with Crippen LogP contribution in [0.1, 0.15) is 29.9 Å². The highest BCUT2D eigenvalue weighted by molar-refractivity contribution is 6.32. The van der Waals surface area contributed by atoms with Crippen molar-refractivity contribution < 1.29 is 33.8 Å². The summed E-state index contributed by atoms with van der Waals surface area (Å²) in [5, 5.41) is 10.5. The summed E-state index contributed by atoms with van der Waals surface area (Å²) in [6.45, 7) is 0. The van der Waals surface area contributed by atoms with E-state index in [1.54, 1.807) is 36.4 Å². The molecule has 4 aliphatic rings. The molecule has 3 fully saturated rings. The predicted molar refractivity (Wildman–Crippen MR) is 158 cm³/mol. The van der Waals surface area contributed by atoms with E-state index in [9.17, 15) is 24.3 Å². The molecule has 6 atom stereocenters. The number of phenols is 1. The molecule has 0 aromatic heterocycles. The van der Waals surface area contributed by atoms with E-state index in [1.165, 1.54) is 17.0 Å². The average molecular weight is 611 g/mol. The van der Waals surface area contributed by atoms with Crippen molar-refractivity contribution in [2.45, 2.75) is 24.2 Å². The molecule has 44 heavy (non-hydrogen) atoms. The molecule has 3 aromatic rings. The van der Waals surface area contributed by atoms with Gasteiger partial charge < -0.3 is 9.84 Å². The third-order valence-corrected chi connectivity index (χ3v) is 9.99. The number of amides is 5. The summed E-state index contributed by atoms with van der Waals surface area (Å²) in [6.07, 6.45) is 1.14. The van der Waals surface area contributed by atoms with Crippen LogP contribution in [0.4, 0.5) is 10.5 Å². The molecule has 5 amide bonds. The topological polar surface area (TPSA) is 121 Å². The van der Waals surface area contributed by atoms with Crippen molar-refractivity contribution in [3.63, 3.8) is 0 Å². The van der Waals surface area contributed by atoms with Gasteiger partial charge in [0.25, 0.3) is 0 Å². The van der Waals surface area contributed by atoms with Gasteiger partial charge in [-0.25, -0.2) is 9.69 Å². The highest BCUT2D eigenvalue weighted by Gasteiger charge is 2.70. The molecule has 1 saturated carbocycles. The van der Waals surface area contributed by atoms with E-state index >= 15 is 4.79 Å². The highest BCUT2D eigenvalue weighted by Crippen LogP contribution is 2.64. The van der Waals surface area contributed by atoms with Crippen LogP contribution in [0.25, 0.3) is 0 Å². The molecule has 9 nitrogen and oxygen atoms in total. The van der Waals surface area contributed by atoms with E-state index in [-0.39, 0.29) is 18.6 Å². The van der Waals surface area contributed by atoms with Gasteiger partial charge in [-0.3, -0.25) is 19.2 Å². The fraction of sp³-hybridized carbons (Fsp3) is 0.265. The molecule has 1 N–H and O–H groups in total. The van der Waals surface area contributed by atoms with Gasteiger partial charge in [0.1, 0.15) is 5.75 Å². The third-order valence-electron chi connectivity index (χ3n) is 9.75. The molecule has 2 aliphatic heterocycles. The third kappa shape index (κ3) is 3.75. The maximum Gasteiger partial charge on any atom is 0.423 e. The van der Waals surface area contributed by atoms with Crippen molar-refractivity contribution in [2.24, 2.45) is 23.7 Å². The lowest BCUT2D eigenvalue weighted by Crippen LogP contribution is -2.53. The Balaban J connectivity index is 1.48. The normalized spacial score (nSPS) is 29.2. The molecular formula is C34H27ClN2O7. The minimum Gasteiger partial charge on any atom is -0.508 e.